The van der Waals surface area contributed by atoms with Gasteiger partial charge in [0, 0.05) is 6.54 Å². The molecule has 1 fully saturated rings. The van der Waals surface area contributed by atoms with Gasteiger partial charge in [-0.3, -0.25) is 4.79 Å². The topological polar surface area (TPSA) is 59.0 Å². The van der Waals surface area contributed by atoms with Crippen molar-refractivity contribution in [3.05, 3.63) is 0 Å². The van der Waals surface area contributed by atoms with Gasteiger partial charge in [0.1, 0.15) is 6.04 Å². The van der Waals surface area contributed by atoms with Crippen molar-refractivity contribution < 1.29 is 19.0 Å². The number of hydrogen-bond acceptors (Lipinski definition) is 5. The molecule has 0 bridgehead atoms. The number of nitrogens with zero attached hydrogens (tertiary/aromatic N) is 1. The van der Waals surface area contributed by atoms with Gasteiger partial charge in [-0.25, -0.2) is 0 Å². The van der Waals surface area contributed by atoms with Gasteiger partial charge in [0.05, 0.1) is 13.2 Å². The molecule has 0 radical (unpaired) electrons. The van der Waals surface area contributed by atoms with Crippen LogP contribution in [0.15, 0.2) is 0 Å². The van der Waals surface area contributed by atoms with Crippen LogP contribution in [-0.4, -0.2) is 57.0 Å². The van der Waals surface area contributed by atoms with E-state index >= 15 is 0 Å². The minimum absolute atomic E-state index is 0.0189. The zero-order valence-electron chi connectivity index (χ0n) is 13.8. The maximum absolute atomic E-state index is 11.8. The second-order valence-corrected chi connectivity index (χ2v) is 11.9. The van der Waals surface area contributed by atoms with Crippen molar-refractivity contribution >= 4 is 21.3 Å². The first-order valence-corrected chi connectivity index (χ1v) is 10.1. The Hall–Kier alpha value is -0.368. The van der Waals surface area contributed by atoms with Crippen LogP contribution in [0.4, 0.5) is 0 Å². The summed E-state index contributed by atoms with van der Waals surface area (Å²) in [7, 11) is -1.16. The van der Waals surface area contributed by atoms with E-state index in [0.29, 0.717) is 13.0 Å². The number of methoxy groups -OCH3 is 1. The summed E-state index contributed by atoms with van der Waals surface area (Å²) in [6.45, 7) is 13.2. The first-order valence-electron chi connectivity index (χ1n) is 7.19. The quantitative estimate of drug-likeness (QED) is 0.633. The van der Waals surface area contributed by atoms with Crippen LogP contribution in [0.5, 0.6) is 0 Å². The number of ether oxygens (including phenoxy) is 1. The molecule has 0 spiro atoms. The van der Waals surface area contributed by atoms with E-state index in [-0.39, 0.29) is 17.1 Å². The Kier molecular flexibility index (Phi) is 5.46. The zero-order chi connectivity index (χ0) is 15.7. The highest BCUT2D eigenvalue weighted by atomic mass is 28.4. The number of carbonyl (C=O) groups excluding carboxylic acids is 1. The lowest BCUT2D eigenvalue weighted by atomic mass is 9.84. The fourth-order valence-corrected chi connectivity index (χ4v) is 3.64. The van der Waals surface area contributed by atoms with E-state index < -0.39 is 21.4 Å². The standard InChI is InChI=1S/C13H28BNO4Si/c1-13(2,3)20(6,7)19-10-8-11(12(16)18-5)15(9-10)14(4)17/h10-11,17H,8-9H2,1-7H3/t10-,11-/m0/s1. The number of carbonyl (C=O) groups is 1. The summed E-state index contributed by atoms with van der Waals surface area (Å²) < 4.78 is 11.2. The maximum atomic E-state index is 11.8. The van der Waals surface area contributed by atoms with Crippen molar-refractivity contribution in [1.29, 1.82) is 0 Å². The largest absolute Gasteiger partial charge is 0.468 e. The van der Waals surface area contributed by atoms with E-state index in [2.05, 4.69) is 33.9 Å². The maximum Gasteiger partial charge on any atom is 0.377 e. The molecular weight excluding hydrogens is 273 g/mol. The van der Waals surface area contributed by atoms with Crippen LogP contribution in [0.25, 0.3) is 0 Å². The summed E-state index contributed by atoms with van der Waals surface area (Å²) in [5.41, 5.74) is 0. The molecule has 1 N–H and O–H groups in total. The summed E-state index contributed by atoms with van der Waals surface area (Å²) in [6, 6.07) is -0.408. The molecule has 1 aliphatic rings. The lowest BCUT2D eigenvalue weighted by molar-refractivity contribution is -0.144. The predicted octanol–water partition coefficient (Wildman–Crippen LogP) is 1.73. The minimum atomic E-state index is -1.87. The molecule has 0 aromatic heterocycles. The van der Waals surface area contributed by atoms with Crippen LogP contribution in [0.1, 0.15) is 27.2 Å². The molecule has 5 nitrogen and oxygen atoms in total. The third kappa shape index (κ3) is 3.84. The van der Waals surface area contributed by atoms with Crippen LogP contribution in [0.2, 0.25) is 25.0 Å². The Morgan fingerprint density at radius 1 is 1.40 bits per heavy atom. The molecule has 20 heavy (non-hydrogen) atoms. The Balaban J connectivity index is 2.79. The third-order valence-electron chi connectivity index (χ3n) is 4.52. The average molecular weight is 301 g/mol. The van der Waals surface area contributed by atoms with E-state index in [0.717, 1.165) is 0 Å². The summed E-state index contributed by atoms with van der Waals surface area (Å²) in [5.74, 6) is -0.299. The van der Waals surface area contributed by atoms with E-state index in [1.807, 2.05) is 0 Å². The zero-order valence-corrected chi connectivity index (χ0v) is 14.8. The van der Waals surface area contributed by atoms with Crippen LogP contribution >= 0.6 is 0 Å². The number of rotatable bonds is 4. The molecule has 2 atom stereocenters. The Morgan fingerprint density at radius 2 is 1.95 bits per heavy atom. The molecule has 7 heteroatoms. The molecule has 0 aromatic carbocycles. The monoisotopic (exact) mass is 301 g/mol. The van der Waals surface area contributed by atoms with E-state index in [4.69, 9.17) is 9.16 Å². The van der Waals surface area contributed by atoms with Gasteiger partial charge in [0.2, 0.25) is 0 Å². The number of esters is 1. The van der Waals surface area contributed by atoms with Crippen LogP contribution in [0, 0.1) is 0 Å². The minimum Gasteiger partial charge on any atom is -0.468 e. The van der Waals surface area contributed by atoms with E-state index in [1.54, 1.807) is 11.6 Å². The molecule has 0 aliphatic carbocycles. The van der Waals surface area contributed by atoms with Crippen molar-refractivity contribution in [2.45, 2.75) is 64.3 Å². The van der Waals surface area contributed by atoms with Crippen LogP contribution < -0.4 is 0 Å². The Bertz CT molecular complexity index is 357. The Labute approximate surface area is 123 Å². The van der Waals surface area contributed by atoms with Gasteiger partial charge < -0.3 is 19.0 Å². The summed E-state index contributed by atoms with van der Waals surface area (Å²) in [5, 5.41) is 9.95. The highest BCUT2D eigenvalue weighted by Gasteiger charge is 2.45. The first kappa shape index (κ1) is 17.7. The van der Waals surface area contributed by atoms with Crippen molar-refractivity contribution in [3.63, 3.8) is 0 Å². The summed E-state index contributed by atoms with van der Waals surface area (Å²) >= 11 is 0. The number of hydrogen-bond donors (Lipinski definition) is 1. The normalized spacial score (nSPS) is 24.8. The van der Waals surface area contributed by atoms with Gasteiger partial charge in [-0.05, 0) is 31.4 Å². The Morgan fingerprint density at radius 3 is 2.35 bits per heavy atom. The molecule has 1 rings (SSSR count). The SMILES string of the molecule is COC(=O)[C@@H]1C[C@H](O[Si](C)(C)C(C)(C)C)CN1B(C)O. The summed E-state index contributed by atoms with van der Waals surface area (Å²) in [6.07, 6.45) is 0.568. The lowest BCUT2D eigenvalue weighted by Crippen LogP contribution is -2.46. The predicted molar refractivity (Wildman–Crippen MR) is 83.0 cm³/mol. The molecule has 1 heterocycles. The molecule has 0 saturated carbocycles. The lowest BCUT2D eigenvalue weighted by Gasteiger charge is -2.38. The molecular formula is C13H28BNO4Si. The van der Waals surface area contributed by atoms with Crippen molar-refractivity contribution in [2.24, 2.45) is 0 Å². The third-order valence-corrected chi connectivity index (χ3v) is 9.06. The second-order valence-electron chi connectivity index (χ2n) is 7.10. The van der Waals surface area contributed by atoms with Crippen LogP contribution in [0.3, 0.4) is 0 Å². The van der Waals surface area contributed by atoms with Crippen molar-refractivity contribution in [3.8, 4) is 0 Å². The van der Waals surface area contributed by atoms with Gasteiger partial charge in [0.15, 0.2) is 8.32 Å². The first-order chi connectivity index (χ1) is 8.99. The molecule has 0 amide bonds. The highest BCUT2D eigenvalue weighted by Crippen LogP contribution is 2.39. The second kappa shape index (κ2) is 6.17. The summed E-state index contributed by atoms with van der Waals surface area (Å²) in [4.78, 5) is 13.6. The molecule has 1 aliphatic heterocycles. The van der Waals surface area contributed by atoms with Gasteiger partial charge in [-0.2, -0.15) is 0 Å². The van der Waals surface area contributed by atoms with Gasteiger partial charge in [0.25, 0.3) is 0 Å². The molecule has 0 unspecified atom stereocenters. The van der Waals surface area contributed by atoms with E-state index in [9.17, 15) is 9.82 Å². The van der Waals surface area contributed by atoms with Crippen LogP contribution in [-0.2, 0) is 14.0 Å². The molecule has 116 valence electrons. The molecule has 1 saturated heterocycles. The smallest absolute Gasteiger partial charge is 0.377 e. The fraction of sp³-hybridized carbons (Fsp3) is 0.923. The van der Waals surface area contributed by atoms with Crippen molar-refractivity contribution in [1.82, 2.24) is 4.81 Å². The highest BCUT2D eigenvalue weighted by molar-refractivity contribution is 6.74. The van der Waals surface area contributed by atoms with Gasteiger partial charge >= 0.3 is 13.0 Å². The van der Waals surface area contributed by atoms with Gasteiger partial charge in [-0.1, -0.05) is 20.8 Å². The fourth-order valence-electron chi connectivity index (χ4n) is 2.28. The van der Waals surface area contributed by atoms with E-state index in [1.165, 1.54) is 7.11 Å². The van der Waals surface area contributed by atoms with Crippen molar-refractivity contribution in [2.75, 3.05) is 13.7 Å². The average Bonchev–Trinajstić information content (AvgIpc) is 2.69. The van der Waals surface area contributed by atoms with Gasteiger partial charge in [-0.15, -0.1) is 0 Å². The molecule has 0 aromatic rings.